The first-order chi connectivity index (χ1) is 21.0. The molecule has 11 heteroatoms. The van der Waals surface area contributed by atoms with Gasteiger partial charge in [-0.2, -0.15) is 4.31 Å². The first-order valence-corrected chi connectivity index (χ1v) is 16.1. The normalized spacial score (nSPS) is 11.8. The molecule has 0 amide bonds. The van der Waals surface area contributed by atoms with Crippen molar-refractivity contribution in [2.45, 2.75) is 32.1 Å². The van der Waals surface area contributed by atoms with Crippen molar-refractivity contribution in [3.05, 3.63) is 94.5 Å². The molecule has 5 aromatic rings. The lowest BCUT2D eigenvalue weighted by atomic mass is 10.1. The van der Waals surface area contributed by atoms with Crippen LogP contribution in [0.25, 0.3) is 21.8 Å². The van der Waals surface area contributed by atoms with Crippen molar-refractivity contribution in [3.63, 3.8) is 0 Å². The van der Waals surface area contributed by atoms with Crippen LogP contribution in [0.2, 0.25) is 5.02 Å². The van der Waals surface area contributed by atoms with E-state index in [2.05, 4.69) is 20.6 Å². The smallest absolute Gasteiger partial charge is 0.243 e. The van der Waals surface area contributed by atoms with Crippen molar-refractivity contribution in [2.75, 3.05) is 43.9 Å². The number of fused-ring (bicyclic) bond motifs is 2. The summed E-state index contributed by atoms with van der Waals surface area (Å²) in [6.45, 7) is 6.96. The third-order valence-electron chi connectivity index (χ3n) is 7.37. The van der Waals surface area contributed by atoms with Crippen LogP contribution >= 0.6 is 11.6 Å². The third kappa shape index (κ3) is 7.04. The number of methoxy groups -OCH3 is 1. The predicted octanol–water partition coefficient (Wildman–Crippen LogP) is 7.11. The summed E-state index contributed by atoms with van der Waals surface area (Å²) >= 11 is 6.26. The first kappa shape index (κ1) is 31.4. The average molecular weight is 636 g/mol. The van der Waals surface area contributed by atoms with Crippen LogP contribution in [0.3, 0.4) is 0 Å². The number of aromatic nitrogens is 2. The van der Waals surface area contributed by atoms with E-state index in [0.717, 1.165) is 44.7 Å². The maximum atomic E-state index is 14.2. The van der Waals surface area contributed by atoms with Crippen molar-refractivity contribution in [3.8, 4) is 5.75 Å². The molecule has 44 heavy (non-hydrogen) atoms. The zero-order valence-corrected chi connectivity index (χ0v) is 26.7. The topological polar surface area (TPSA) is 96.5 Å². The quantitative estimate of drug-likeness (QED) is 0.141. The van der Waals surface area contributed by atoms with Gasteiger partial charge in [-0.15, -0.1) is 0 Å². The molecule has 0 saturated carbocycles. The van der Waals surface area contributed by atoms with Crippen LogP contribution in [0.15, 0.2) is 71.6 Å². The number of hydrogen-bond donors (Lipinski definition) is 2. The summed E-state index contributed by atoms with van der Waals surface area (Å²) in [7, 11) is -2.28. The second-order valence-corrected chi connectivity index (χ2v) is 13.1. The molecule has 2 aromatic heterocycles. The zero-order chi connectivity index (χ0) is 31.4. The number of rotatable bonds is 12. The summed E-state index contributed by atoms with van der Waals surface area (Å²) < 4.78 is 48.5. The summed E-state index contributed by atoms with van der Waals surface area (Å²) in [4.78, 5) is 9.34. The lowest BCUT2D eigenvalue weighted by Crippen LogP contribution is -2.36. The Morgan fingerprint density at radius 3 is 2.25 bits per heavy atom. The van der Waals surface area contributed by atoms with Crippen molar-refractivity contribution < 1.29 is 17.5 Å². The summed E-state index contributed by atoms with van der Waals surface area (Å²) in [5, 5.41) is 8.93. The third-order valence-corrected chi connectivity index (χ3v) is 9.52. The van der Waals surface area contributed by atoms with E-state index in [1.165, 1.54) is 23.5 Å². The van der Waals surface area contributed by atoms with Crippen molar-refractivity contribution in [2.24, 2.45) is 0 Å². The van der Waals surface area contributed by atoms with Gasteiger partial charge >= 0.3 is 0 Å². The predicted molar refractivity (Wildman–Crippen MR) is 176 cm³/mol. The fraction of sp³-hybridized carbons (Fsp3) is 0.273. The number of ether oxygens (including phenoxy) is 1. The van der Waals surface area contributed by atoms with E-state index in [-0.39, 0.29) is 23.8 Å². The van der Waals surface area contributed by atoms with E-state index in [1.807, 2.05) is 45.0 Å². The van der Waals surface area contributed by atoms with E-state index in [1.54, 1.807) is 30.3 Å². The molecule has 0 fully saturated rings. The summed E-state index contributed by atoms with van der Waals surface area (Å²) in [6.07, 6.45) is 0.513. The molecule has 5 rings (SSSR count). The maximum absolute atomic E-state index is 14.2. The van der Waals surface area contributed by atoms with Gasteiger partial charge < -0.3 is 15.4 Å². The summed E-state index contributed by atoms with van der Waals surface area (Å²) in [6, 6.07) is 18.6. The van der Waals surface area contributed by atoms with Crippen molar-refractivity contribution in [1.82, 2.24) is 14.3 Å². The van der Waals surface area contributed by atoms with Crippen molar-refractivity contribution in [1.29, 1.82) is 0 Å². The number of pyridine rings is 2. The molecular formula is C33H35ClFN5O3S. The molecule has 0 aliphatic rings. The van der Waals surface area contributed by atoms with E-state index >= 15 is 0 Å². The number of nitrogens with one attached hydrogen (secondary N) is 2. The number of anilines is 2. The van der Waals surface area contributed by atoms with Gasteiger partial charge in [-0.05, 0) is 99.5 Å². The molecule has 0 unspecified atom stereocenters. The molecule has 0 aliphatic heterocycles. The van der Waals surface area contributed by atoms with Gasteiger partial charge in [0, 0.05) is 64.7 Å². The molecular weight excluding hydrogens is 601 g/mol. The number of hydrogen-bond acceptors (Lipinski definition) is 7. The van der Waals surface area contributed by atoms with Gasteiger partial charge in [0.1, 0.15) is 11.6 Å². The van der Waals surface area contributed by atoms with Crippen LogP contribution in [0.5, 0.6) is 5.75 Å². The Morgan fingerprint density at radius 2 is 1.52 bits per heavy atom. The number of benzene rings is 3. The van der Waals surface area contributed by atoms with Gasteiger partial charge in [-0.25, -0.2) is 12.8 Å². The van der Waals surface area contributed by atoms with Gasteiger partial charge in [-0.3, -0.25) is 9.97 Å². The molecule has 0 saturated heterocycles. The highest BCUT2D eigenvalue weighted by Crippen LogP contribution is 2.28. The monoisotopic (exact) mass is 635 g/mol. The SMILES string of the molecule is COc1ccc(S(=O)(=O)N(CCCNc2cc(C)nc3c(C)cc(F)cc23)CCNc2cc(C)nc3ccc(Cl)cc23)cc1. The largest absolute Gasteiger partial charge is 0.497 e. The van der Waals surface area contributed by atoms with E-state index < -0.39 is 10.0 Å². The highest BCUT2D eigenvalue weighted by molar-refractivity contribution is 7.89. The standard InChI is InChI=1S/C33H35ClFN5O3S/c1-21-16-25(35)20-29-32(18-23(3)39-33(21)29)36-12-5-14-40(44(41,42)27-9-7-26(43-4)8-10-27)15-13-37-31-17-22(2)38-30-11-6-24(34)19-28(30)31/h6-11,16-20H,5,12-15H2,1-4H3,(H,36,39)(H,37,38). The van der Waals surface area contributed by atoms with Gasteiger partial charge in [0.25, 0.3) is 0 Å². The molecule has 230 valence electrons. The number of halogens is 2. The molecule has 0 aliphatic carbocycles. The van der Waals surface area contributed by atoms with Crippen LogP contribution < -0.4 is 15.4 Å². The van der Waals surface area contributed by atoms with Crippen LogP contribution in [0.1, 0.15) is 23.4 Å². The van der Waals surface area contributed by atoms with Gasteiger partial charge in [0.05, 0.1) is 23.0 Å². The Kier molecular flexibility index (Phi) is 9.53. The van der Waals surface area contributed by atoms with Gasteiger partial charge in [0.15, 0.2) is 0 Å². The minimum absolute atomic E-state index is 0.185. The number of aryl methyl sites for hydroxylation is 3. The van der Waals surface area contributed by atoms with Crippen LogP contribution in [-0.4, -0.2) is 56.0 Å². The zero-order valence-electron chi connectivity index (χ0n) is 25.1. The number of sulfonamides is 1. The van der Waals surface area contributed by atoms with E-state index in [4.69, 9.17) is 16.3 Å². The first-order valence-electron chi connectivity index (χ1n) is 14.3. The highest BCUT2D eigenvalue weighted by Gasteiger charge is 2.24. The summed E-state index contributed by atoms with van der Waals surface area (Å²) in [5.74, 6) is 0.249. The molecule has 0 spiro atoms. The highest BCUT2D eigenvalue weighted by atomic mass is 35.5. The number of nitrogens with zero attached hydrogens (tertiary/aromatic N) is 3. The molecule has 0 radical (unpaired) electrons. The maximum Gasteiger partial charge on any atom is 0.243 e. The fourth-order valence-electron chi connectivity index (χ4n) is 5.25. The Bertz CT molecular complexity index is 1920. The Hall–Kier alpha value is -3.99. The second kappa shape index (κ2) is 13.3. The average Bonchev–Trinajstić information content (AvgIpc) is 2.99. The molecule has 0 atom stereocenters. The fourth-order valence-corrected chi connectivity index (χ4v) is 6.90. The Labute approximate surface area is 262 Å². The second-order valence-electron chi connectivity index (χ2n) is 10.7. The molecule has 0 bridgehead atoms. The molecule has 2 N–H and O–H groups in total. The molecule has 8 nitrogen and oxygen atoms in total. The summed E-state index contributed by atoms with van der Waals surface area (Å²) in [5.41, 5.74) is 5.55. The molecule has 3 aromatic carbocycles. The Balaban J connectivity index is 1.33. The van der Waals surface area contributed by atoms with Crippen molar-refractivity contribution >= 4 is 54.8 Å². The lowest BCUT2D eigenvalue weighted by molar-refractivity contribution is 0.412. The molecule has 2 heterocycles. The Morgan fingerprint density at radius 1 is 0.841 bits per heavy atom. The van der Waals surface area contributed by atoms with Gasteiger partial charge in [0.2, 0.25) is 10.0 Å². The minimum Gasteiger partial charge on any atom is -0.497 e. The van der Waals surface area contributed by atoms with E-state index in [9.17, 15) is 12.8 Å². The van der Waals surface area contributed by atoms with Crippen LogP contribution in [0, 0.1) is 26.6 Å². The van der Waals surface area contributed by atoms with E-state index in [0.29, 0.717) is 35.7 Å². The minimum atomic E-state index is -3.82. The van der Waals surface area contributed by atoms with Gasteiger partial charge in [-0.1, -0.05) is 11.6 Å². The lowest BCUT2D eigenvalue weighted by Gasteiger charge is -2.23. The van der Waals surface area contributed by atoms with Crippen LogP contribution in [0.4, 0.5) is 15.8 Å². The van der Waals surface area contributed by atoms with Crippen LogP contribution in [-0.2, 0) is 10.0 Å².